The highest BCUT2D eigenvalue weighted by atomic mass is 16.5. The SMILES string of the molecule is COc1ccc([C@H](CC(=O)O)NC(=O)c2ccc(OC)c(OC)c2)cc1. The molecule has 0 aliphatic carbocycles. The minimum Gasteiger partial charge on any atom is -0.497 e. The van der Waals surface area contributed by atoms with E-state index in [4.69, 9.17) is 19.3 Å². The average molecular weight is 359 g/mol. The van der Waals surface area contributed by atoms with E-state index in [1.807, 2.05) is 0 Å². The van der Waals surface area contributed by atoms with Crippen molar-refractivity contribution in [2.45, 2.75) is 12.5 Å². The maximum absolute atomic E-state index is 12.6. The van der Waals surface area contributed by atoms with Crippen molar-refractivity contribution in [1.29, 1.82) is 0 Å². The third-order valence-corrected chi connectivity index (χ3v) is 3.85. The summed E-state index contributed by atoms with van der Waals surface area (Å²) in [5, 5.41) is 11.9. The molecule has 0 fully saturated rings. The number of carbonyl (C=O) groups excluding carboxylic acids is 1. The fourth-order valence-electron chi connectivity index (χ4n) is 2.48. The number of benzene rings is 2. The molecule has 26 heavy (non-hydrogen) atoms. The number of ether oxygens (including phenoxy) is 3. The van der Waals surface area contributed by atoms with Gasteiger partial charge >= 0.3 is 5.97 Å². The Balaban J connectivity index is 2.24. The molecule has 0 aliphatic heterocycles. The second-order valence-electron chi connectivity index (χ2n) is 5.47. The van der Waals surface area contributed by atoms with E-state index >= 15 is 0 Å². The maximum Gasteiger partial charge on any atom is 0.305 e. The Morgan fingerprint density at radius 3 is 2.15 bits per heavy atom. The standard InChI is InChI=1S/C19H21NO6/c1-24-14-7-4-12(5-8-14)15(11-18(21)22)20-19(23)13-6-9-16(25-2)17(10-13)26-3/h4-10,15H,11H2,1-3H3,(H,20,23)(H,21,22)/t15-/m0/s1. The number of aliphatic carboxylic acids is 1. The van der Waals surface area contributed by atoms with Crippen LogP contribution in [-0.4, -0.2) is 38.3 Å². The van der Waals surface area contributed by atoms with E-state index in [2.05, 4.69) is 5.32 Å². The zero-order chi connectivity index (χ0) is 19.1. The average Bonchev–Trinajstić information content (AvgIpc) is 2.66. The molecule has 0 aromatic heterocycles. The topological polar surface area (TPSA) is 94.1 Å². The van der Waals surface area contributed by atoms with Crippen LogP contribution in [0.2, 0.25) is 0 Å². The molecule has 1 amide bonds. The Hall–Kier alpha value is -3.22. The molecule has 138 valence electrons. The van der Waals surface area contributed by atoms with Gasteiger partial charge in [0.05, 0.1) is 33.8 Å². The summed E-state index contributed by atoms with van der Waals surface area (Å²) in [5.74, 6) is 0.140. The lowest BCUT2D eigenvalue weighted by atomic mass is 10.0. The summed E-state index contributed by atoms with van der Waals surface area (Å²) in [5.41, 5.74) is 1.01. The van der Waals surface area contributed by atoms with Crippen molar-refractivity contribution in [3.05, 3.63) is 53.6 Å². The number of carboxylic acid groups (broad SMARTS) is 1. The van der Waals surface area contributed by atoms with Gasteiger partial charge in [-0.1, -0.05) is 12.1 Å². The minimum atomic E-state index is -1.02. The lowest BCUT2D eigenvalue weighted by Gasteiger charge is -2.18. The first-order valence-electron chi connectivity index (χ1n) is 7.87. The molecule has 0 unspecified atom stereocenters. The van der Waals surface area contributed by atoms with Gasteiger partial charge in [-0.25, -0.2) is 0 Å². The van der Waals surface area contributed by atoms with Gasteiger partial charge in [-0.05, 0) is 35.9 Å². The van der Waals surface area contributed by atoms with Crippen molar-refractivity contribution in [1.82, 2.24) is 5.32 Å². The Kier molecular flexibility index (Phi) is 6.43. The van der Waals surface area contributed by atoms with E-state index in [-0.39, 0.29) is 6.42 Å². The quantitative estimate of drug-likeness (QED) is 0.753. The predicted molar refractivity (Wildman–Crippen MR) is 95.0 cm³/mol. The van der Waals surface area contributed by atoms with Crippen molar-refractivity contribution in [3.63, 3.8) is 0 Å². The van der Waals surface area contributed by atoms with E-state index < -0.39 is 17.9 Å². The third-order valence-electron chi connectivity index (χ3n) is 3.85. The summed E-state index contributed by atoms with van der Waals surface area (Å²) in [6.45, 7) is 0. The van der Waals surface area contributed by atoms with Crippen LogP contribution in [0.5, 0.6) is 17.2 Å². The van der Waals surface area contributed by atoms with Crippen LogP contribution in [0.15, 0.2) is 42.5 Å². The van der Waals surface area contributed by atoms with Crippen LogP contribution < -0.4 is 19.5 Å². The highest BCUT2D eigenvalue weighted by Gasteiger charge is 2.20. The molecule has 2 aromatic rings. The summed E-state index contributed by atoms with van der Waals surface area (Å²) < 4.78 is 15.4. The predicted octanol–water partition coefficient (Wildman–Crippen LogP) is 2.66. The number of methoxy groups -OCH3 is 3. The molecular weight excluding hydrogens is 338 g/mol. The van der Waals surface area contributed by atoms with E-state index in [0.717, 1.165) is 0 Å². The molecule has 1 atom stereocenters. The molecule has 0 radical (unpaired) electrons. The van der Waals surface area contributed by atoms with E-state index in [9.17, 15) is 9.59 Å². The first-order chi connectivity index (χ1) is 12.5. The molecule has 2 aromatic carbocycles. The normalized spacial score (nSPS) is 11.3. The smallest absolute Gasteiger partial charge is 0.305 e. The van der Waals surface area contributed by atoms with Gasteiger partial charge in [-0.2, -0.15) is 0 Å². The van der Waals surface area contributed by atoms with Gasteiger partial charge < -0.3 is 24.6 Å². The molecule has 0 aliphatic rings. The second-order valence-corrected chi connectivity index (χ2v) is 5.47. The minimum absolute atomic E-state index is 0.245. The largest absolute Gasteiger partial charge is 0.497 e. The van der Waals surface area contributed by atoms with Crippen LogP contribution in [0, 0.1) is 0 Å². The van der Waals surface area contributed by atoms with Crippen LogP contribution in [0.1, 0.15) is 28.4 Å². The van der Waals surface area contributed by atoms with E-state index in [1.165, 1.54) is 14.2 Å². The summed E-state index contributed by atoms with van der Waals surface area (Å²) in [6, 6.07) is 10.9. The first kappa shape index (κ1) is 19.1. The van der Waals surface area contributed by atoms with Gasteiger partial charge in [0, 0.05) is 5.56 Å². The summed E-state index contributed by atoms with van der Waals surface area (Å²) in [7, 11) is 4.52. The summed E-state index contributed by atoms with van der Waals surface area (Å²) >= 11 is 0. The highest BCUT2D eigenvalue weighted by Crippen LogP contribution is 2.28. The zero-order valence-corrected chi connectivity index (χ0v) is 14.8. The Labute approximate surface area is 151 Å². The number of hydrogen-bond acceptors (Lipinski definition) is 5. The molecule has 2 rings (SSSR count). The van der Waals surface area contributed by atoms with Crippen molar-refractivity contribution in [2.75, 3.05) is 21.3 Å². The molecular formula is C19H21NO6. The molecule has 0 bridgehead atoms. The van der Waals surface area contributed by atoms with Gasteiger partial charge in [-0.15, -0.1) is 0 Å². The number of hydrogen-bond donors (Lipinski definition) is 2. The van der Waals surface area contributed by atoms with Crippen LogP contribution in [0.25, 0.3) is 0 Å². The van der Waals surface area contributed by atoms with Crippen LogP contribution >= 0.6 is 0 Å². The molecule has 2 N–H and O–H groups in total. The van der Waals surface area contributed by atoms with Gasteiger partial charge in [0.2, 0.25) is 0 Å². The van der Waals surface area contributed by atoms with E-state index in [0.29, 0.717) is 28.4 Å². The van der Waals surface area contributed by atoms with Crippen LogP contribution in [0.3, 0.4) is 0 Å². The molecule has 0 heterocycles. The van der Waals surface area contributed by atoms with Gasteiger partial charge in [0.25, 0.3) is 5.91 Å². The number of nitrogens with one attached hydrogen (secondary N) is 1. The van der Waals surface area contributed by atoms with Gasteiger partial charge in [0.15, 0.2) is 11.5 Å². The summed E-state index contributed by atoms with van der Waals surface area (Å²) in [4.78, 5) is 23.8. The molecule has 0 saturated heterocycles. The Bertz CT molecular complexity index is 772. The molecule has 7 heteroatoms. The van der Waals surface area contributed by atoms with Crippen molar-refractivity contribution < 1.29 is 28.9 Å². The molecule has 0 spiro atoms. The zero-order valence-electron chi connectivity index (χ0n) is 14.8. The van der Waals surface area contributed by atoms with Crippen LogP contribution in [0.4, 0.5) is 0 Å². The van der Waals surface area contributed by atoms with Crippen molar-refractivity contribution >= 4 is 11.9 Å². The molecule has 0 saturated carbocycles. The number of carboxylic acids is 1. The van der Waals surface area contributed by atoms with Crippen molar-refractivity contribution in [3.8, 4) is 17.2 Å². The second kappa shape index (κ2) is 8.75. The first-order valence-corrected chi connectivity index (χ1v) is 7.87. The number of rotatable bonds is 8. The third kappa shape index (κ3) is 4.66. The number of carbonyl (C=O) groups is 2. The fraction of sp³-hybridized carbons (Fsp3) is 0.263. The van der Waals surface area contributed by atoms with Gasteiger partial charge in [0.1, 0.15) is 5.75 Å². The van der Waals surface area contributed by atoms with E-state index in [1.54, 1.807) is 49.6 Å². The maximum atomic E-state index is 12.6. The fourth-order valence-corrected chi connectivity index (χ4v) is 2.48. The van der Waals surface area contributed by atoms with Gasteiger partial charge in [-0.3, -0.25) is 9.59 Å². The number of amides is 1. The van der Waals surface area contributed by atoms with Crippen LogP contribution in [-0.2, 0) is 4.79 Å². The monoisotopic (exact) mass is 359 g/mol. The highest BCUT2D eigenvalue weighted by molar-refractivity contribution is 5.95. The Morgan fingerprint density at radius 2 is 1.62 bits per heavy atom. The lowest BCUT2D eigenvalue weighted by molar-refractivity contribution is -0.137. The molecule has 7 nitrogen and oxygen atoms in total. The Morgan fingerprint density at radius 1 is 0.962 bits per heavy atom. The lowest BCUT2D eigenvalue weighted by Crippen LogP contribution is -2.30. The van der Waals surface area contributed by atoms with Crippen molar-refractivity contribution in [2.24, 2.45) is 0 Å². The summed E-state index contributed by atoms with van der Waals surface area (Å²) in [6.07, 6.45) is -0.245.